The lowest BCUT2D eigenvalue weighted by atomic mass is 10.1. The van der Waals surface area contributed by atoms with E-state index in [1.807, 2.05) is 0 Å². The largest absolute Gasteiger partial charge is 0.337 e. The van der Waals surface area contributed by atoms with Crippen LogP contribution in [0.15, 0.2) is 36.5 Å². The molecule has 1 fully saturated rings. The Balaban J connectivity index is 1.80. The van der Waals surface area contributed by atoms with E-state index < -0.39 is 0 Å². The lowest BCUT2D eigenvalue weighted by molar-refractivity contribution is 0.0717. The van der Waals surface area contributed by atoms with Crippen LogP contribution in [-0.2, 0) is 0 Å². The van der Waals surface area contributed by atoms with Gasteiger partial charge in [0, 0.05) is 19.3 Å². The first kappa shape index (κ1) is 14.8. The van der Waals surface area contributed by atoms with E-state index in [1.54, 1.807) is 35.2 Å². The molecule has 3 rings (SSSR count). The second-order valence-corrected chi connectivity index (χ2v) is 5.69. The van der Waals surface area contributed by atoms with E-state index in [9.17, 15) is 9.59 Å². The number of likely N-dealkylation sites (tertiary alicyclic amines) is 1. The molecule has 0 radical (unpaired) electrons. The van der Waals surface area contributed by atoms with Gasteiger partial charge < -0.3 is 4.90 Å². The summed E-state index contributed by atoms with van der Waals surface area (Å²) in [5.41, 5.74) is 0.659. The Bertz CT molecular complexity index is 705. The summed E-state index contributed by atoms with van der Waals surface area (Å²) in [6.07, 6.45) is 4.70. The maximum Gasteiger partial charge on any atom is 0.279 e. The van der Waals surface area contributed by atoms with Crippen LogP contribution in [0.3, 0.4) is 0 Å². The summed E-state index contributed by atoms with van der Waals surface area (Å²) in [6, 6.07) is 8.36. The van der Waals surface area contributed by atoms with Crippen molar-refractivity contribution in [1.29, 1.82) is 0 Å². The molecule has 1 amide bonds. The fraction of sp³-hybridized carbons (Fsp3) is 0.312. The second kappa shape index (κ2) is 6.32. The Morgan fingerprint density at radius 2 is 1.73 bits per heavy atom. The highest BCUT2D eigenvalue weighted by Gasteiger charge is 2.21. The number of rotatable bonds is 2. The number of benzene rings is 1. The van der Waals surface area contributed by atoms with Crippen molar-refractivity contribution in [3.05, 3.63) is 52.8 Å². The normalized spacial score (nSPS) is 14.9. The van der Waals surface area contributed by atoms with Gasteiger partial charge in [-0.1, -0.05) is 23.7 Å². The second-order valence-electron chi connectivity index (χ2n) is 5.28. The van der Waals surface area contributed by atoms with Crippen LogP contribution in [0.4, 0.5) is 0 Å². The Kier molecular flexibility index (Phi) is 4.24. The first-order valence-electron chi connectivity index (χ1n) is 7.31. The van der Waals surface area contributed by atoms with Crippen LogP contribution in [0, 0.1) is 0 Å². The average Bonchev–Trinajstić information content (AvgIpc) is 3.05. The van der Waals surface area contributed by atoms with E-state index >= 15 is 0 Å². The van der Waals surface area contributed by atoms with Crippen molar-refractivity contribution in [3.8, 4) is 0 Å². The summed E-state index contributed by atoms with van der Waals surface area (Å²) in [4.78, 5) is 26.5. The molecule has 114 valence electrons. The molecule has 1 saturated heterocycles. The highest BCUT2D eigenvalue weighted by Crippen LogP contribution is 2.17. The summed E-state index contributed by atoms with van der Waals surface area (Å²) >= 11 is 6.02. The third kappa shape index (κ3) is 2.90. The Morgan fingerprint density at radius 3 is 2.45 bits per heavy atom. The third-order valence-corrected chi connectivity index (χ3v) is 4.09. The van der Waals surface area contributed by atoms with Crippen molar-refractivity contribution in [2.45, 2.75) is 19.3 Å². The van der Waals surface area contributed by atoms with E-state index in [1.165, 1.54) is 10.9 Å². The predicted octanol–water partition coefficient (Wildman–Crippen LogP) is 2.85. The summed E-state index contributed by atoms with van der Waals surface area (Å²) in [7, 11) is 0. The van der Waals surface area contributed by atoms with Gasteiger partial charge in [-0.05, 0) is 37.5 Å². The van der Waals surface area contributed by atoms with Gasteiger partial charge in [0.15, 0.2) is 5.69 Å². The summed E-state index contributed by atoms with van der Waals surface area (Å²) in [6.45, 7) is 1.51. The highest BCUT2D eigenvalue weighted by molar-refractivity contribution is 6.33. The van der Waals surface area contributed by atoms with Crippen LogP contribution in [0.25, 0.3) is 0 Å². The van der Waals surface area contributed by atoms with Crippen LogP contribution in [0.1, 0.15) is 40.1 Å². The SMILES string of the molecule is O=C(c1ccn(C(=O)c2ccccc2Cl)n1)N1CCCCC1. The van der Waals surface area contributed by atoms with Crippen LogP contribution in [0.5, 0.6) is 0 Å². The van der Waals surface area contributed by atoms with Crippen LogP contribution in [-0.4, -0.2) is 39.6 Å². The molecule has 2 heterocycles. The van der Waals surface area contributed by atoms with Crippen LogP contribution < -0.4 is 0 Å². The van der Waals surface area contributed by atoms with Gasteiger partial charge >= 0.3 is 0 Å². The van der Waals surface area contributed by atoms with Crippen molar-refractivity contribution < 1.29 is 9.59 Å². The summed E-state index contributed by atoms with van der Waals surface area (Å²) in [5, 5.41) is 4.49. The number of hydrogen-bond acceptors (Lipinski definition) is 3. The van der Waals surface area contributed by atoms with Crippen molar-refractivity contribution in [1.82, 2.24) is 14.7 Å². The molecule has 1 aliphatic heterocycles. The minimum absolute atomic E-state index is 0.120. The molecule has 1 aromatic carbocycles. The summed E-state index contributed by atoms with van der Waals surface area (Å²) in [5.74, 6) is -0.464. The Hall–Kier alpha value is -2.14. The first-order valence-corrected chi connectivity index (χ1v) is 7.69. The van der Waals surface area contributed by atoms with E-state index in [-0.39, 0.29) is 11.8 Å². The number of aromatic nitrogens is 2. The fourth-order valence-electron chi connectivity index (χ4n) is 2.57. The molecule has 0 unspecified atom stereocenters. The van der Waals surface area contributed by atoms with Crippen molar-refractivity contribution in [2.75, 3.05) is 13.1 Å². The van der Waals surface area contributed by atoms with E-state index in [0.717, 1.165) is 32.4 Å². The minimum Gasteiger partial charge on any atom is -0.337 e. The number of nitrogens with zero attached hydrogens (tertiary/aromatic N) is 3. The summed E-state index contributed by atoms with van der Waals surface area (Å²) < 4.78 is 1.17. The Labute approximate surface area is 133 Å². The predicted molar refractivity (Wildman–Crippen MR) is 83.2 cm³/mol. The number of halogens is 1. The monoisotopic (exact) mass is 317 g/mol. The lowest BCUT2D eigenvalue weighted by Gasteiger charge is -2.25. The molecule has 0 saturated carbocycles. The number of amides is 1. The Morgan fingerprint density at radius 1 is 1.00 bits per heavy atom. The first-order chi connectivity index (χ1) is 10.7. The van der Waals surface area contributed by atoms with Crippen molar-refractivity contribution >= 4 is 23.4 Å². The number of carbonyl (C=O) groups is 2. The van der Waals surface area contributed by atoms with Gasteiger partial charge in [0.1, 0.15) is 0 Å². The van der Waals surface area contributed by atoms with Gasteiger partial charge in [0.25, 0.3) is 11.8 Å². The maximum atomic E-state index is 12.4. The molecular weight excluding hydrogens is 302 g/mol. The van der Waals surface area contributed by atoms with E-state index in [2.05, 4.69) is 5.10 Å². The molecule has 0 bridgehead atoms. The minimum atomic E-state index is -0.344. The van der Waals surface area contributed by atoms with Gasteiger partial charge in [0.05, 0.1) is 10.6 Å². The van der Waals surface area contributed by atoms with Crippen LogP contribution in [0.2, 0.25) is 5.02 Å². The van der Waals surface area contributed by atoms with Crippen LogP contribution >= 0.6 is 11.6 Å². The number of hydrogen-bond donors (Lipinski definition) is 0. The average molecular weight is 318 g/mol. The van der Waals surface area contributed by atoms with Crippen molar-refractivity contribution in [2.24, 2.45) is 0 Å². The van der Waals surface area contributed by atoms with Crippen molar-refractivity contribution in [3.63, 3.8) is 0 Å². The smallest absolute Gasteiger partial charge is 0.279 e. The zero-order chi connectivity index (χ0) is 15.5. The maximum absolute atomic E-state index is 12.4. The van der Waals surface area contributed by atoms with Gasteiger partial charge in [-0.2, -0.15) is 5.10 Å². The lowest BCUT2D eigenvalue weighted by Crippen LogP contribution is -2.36. The highest BCUT2D eigenvalue weighted by atomic mass is 35.5. The molecule has 0 atom stereocenters. The molecule has 2 aromatic rings. The van der Waals surface area contributed by atoms with Gasteiger partial charge in [-0.3, -0.25) is 9.59 Å². The van der Waals surface area contributed by atoms with Gasteiger partial charge in [-0.25, -0.2) is 4.68 Å². The number of piperidine rings is 1. The molecule has 0 N–H and O–H groups in total. The van der Waals surface area contributed by atoms with Gasteiger partial charge in [0.2, 0.25) is 0 Å². The zero-order valence-electron chi connectivity index (χ0n) is 12.0. The molecule has 22 heavy (non-hydrogen) atoms. The molecule has 5 nitrogen and oxygen atoms in total. The molecule has 0 aliphatic carbocycles. The van der Waals surface area contributed by atoms with Gasteiger partial charge in [-0.15, -0.1) is 0 Å². The fourth-order valence-corrected chi connectivity index (χ4v) is 2.78. The zero-order valence-corrected chi connectivity index (χ0v) is 12.8. The molecular formula is C16H16ClN3O2. The third-order valence-electron chi connectivity index (χ3n) is 3.76. The van der Waals surface area contributed by atoms with E-state index in [4.69, 9.17) is 11.6 Å². The topological polar surface area (TPSA) is 55.2 Å². The quantitative estimate of drug-likeness (QED) is 0.856. The number of carbonyl (C=O) groups excluding carboxylic acids is 2. The molecule has 0 spiro atoms. The molecule has 6 heteroatoms. The standard InChI is InChI=1S/C16H16ClN3O2/c17-13-7-3-2-6-12(13)15(21)20-11-8-14(18-20)16(22)19-9-4-1-5-10-19/h2-3,6-8,11H,1,4-5,9-10H2. The van der Waals surface area contributed by atoms with E-state index in [0.29, 0.717) is 16.3 Å². The molecule has 1 aromatic heterocycles. The molecule has 1 aliphatic rings.